The van der Waals surface area contributed by atoms with Gasteiger partial charge in [-0.05, 0) is 36.8 Å². The highest BCUT2D eigenvalue weighted by Gasteiger charge is 2.28. The minimum Gasteiger partial charge on any atom is -0.493 e. The number of halogens is 3. The lowest BCUT2D eigenvalue weighted by Crippen LogP contribution is -2.30. The maximum Gasteiger partial charge on any atom is 0.422 e. The number of guanidine groups is 1. The highest BCUT2D eigenvalue weighted by molar-refractivity contribution is 5.93. The Hall–Kier alpha value is -3.10. The first-order valence-electron chi connectivity index (χ1n) is 8.91. The molecule has 2 aromatic rings. The van der Waals surface area contributed by atoms with Crippen LogP contribution in [0.15, 0.2) is 47.5 Å². The van der Waals surface area contributed by atoms with E-state index < -0.39 is 12.8 Å². The van der Waals surface area contributed by atoms with E-state index >= 15 is 0 Å². The van der Waals surface area contributed by atoms with Crippen LogP contribution in [0.4, 0.5) is 18.9 Å². The highest BCUT2D eigenvalue weighted by atomic mass is 19.4. The minimum absolute atomic E-state index is 0.162. The molecule has 0 spiro atoms. The third-order valence-electron chi connectivity index (χ3n) is 3.74. The van der Waals surface area contributed by atoms with Gasteiger partial charge in [0.05, 0.1) is 13.7 Å². The van der Waals surface area contributed by atoms with Gasteiger partial charge in [0.1, 0.15) is 5.75 Å². The van der Waals surface area contributed by atoms with Gasteiger partial charge in [-0.15, -0.1) is 0 Å². The maximum absolute atomic E-state index is 12.2. The molecule has 0 aromatic heterocycles. The van der Waals surface area contributed by atoms with Crippen LogP contribution in [0.25, 0.3) is 0 Å². The summed E-state index contributed by atoms with van der Waals surface area (Å²) >= 11 is 0. The molecule has 9 heteroatoms. The molecule has 0 aliphatic carbocycles. The summed E-state index contributed by atoms with van der Waals surface area (Å²) in [5, 5.41) is 6.29. The van der Waals surface area contributed by atoms with Gasteiger partial charge in [-0.3, -0.25) is 4.99 Å². The highest BCUT2D eigenvalue weighted by Crippen LogP contribution is 2.30. The first-order chi connectivity index (χ1) is 13.8. The standard InChI is InChI=1S/C20H24F3N3O3/c1-4-28-18-11-15(7-10-17(18)27-3)26-19(24-2)25-12-14-5-8-16(9-6-14)29-13-20(21,22)23/h5-11H,4,12-13H2,1-3H3,(H2,24,25,26). The normalized spacial score (nSPS) is 11.7. The lowest BCUT2D eigenvalue weighted by atomic mass is 10.2. The van der Waals surface area contributed by atoms with Gasteiger partial charge in [0.25, 0.3) is 0 Å². The number of rotatable bonds is 8. The predicted molar refractivity (Wildman–Crippen MR) is 106 cm³/mol. The second-order valence-electron chi connectivity index (χ2n) is 5.90. The van der Waals surface area contributed by atoms with Gasteiger partial charge in [0, 0.05) is 25.3 Å². The molecule has 2 rings (SSSR count). The lowest BCUT2D eigenvalue weighted by Gasteiger charge is -2.15. The van der Waals surface area contributed by atoms with E-state index in [0.29, 0.717) is 30.6 Å². The lowest BCUT2D eigenvalue weighted by molar-refractivity contribution is -0.153. The Balaban J connectivity index is 1.93. The Kier molecular flexibility index (Phi) is 7.99. The molecular weight excluding hydrogens is 387 g/mol. The van der Waals surface area contributed by atoms with Crippen LogP contribution in [0.1, 0.15) is 12.5 Å². The average molecular weight is 411 g/mol. The van der Waals surface area contributed by atoms with Gasteiger partial charge in [-0.2, -0.15) is 13.2 Å². The summed E-state index contributed by atoms with van der Waals surface area (Å²) in [5.41, 5.74) is 1.62. The van der Waals surface area contributed by atoms with Crippen molar-refractivity contribution in [1.82, 2.24) is 5.32 Å². The Morgan fingerprint density at radius 2 is 1.76 bits per heavy atom. The van der Waals surface area contributed by atoms with Gasteiger partial charge in [0.15, 0.2) is 24.1 Å². The van der Waals surface area contributed by atoms with Crippen molar-refractivity contribution >= 4 is 11.6 Å². The maximum atomic E-state index is 12.2. The molecule has 0 heterocycles. The molecule has 0 saturated heterocycles. The third-order valence-corrected chi connectivity index (χ3v) is 3.74. The Bertz CT molecular complexity index is 809. The molecule has 0 bridgehead atoms. The summed E-state index contributed by atoms with van der Waals surface area (Å²) in [6.45, 7) is 1.51. The van der Waals surface area contributed by atoms with Crippen LogP contribution in [0, 0.1) is 0 Å². The predicted octanol–water partition coefficient (Wildman–Crippen LogP) is 4.22. The molecule has 2 aromatic carbocycles. The summed E-state index contributed by atoms with van der Waals surface area (Å²) in [5.74, 6) is 1.93. The summed E-state index contributed by atoms with van der Waals surface area (Å²) in [6.07, 6.45) is -4.36. The molecule has 29 heavy (non-hydrogen) atoms. The Morgan fingerprint density at radius 1 is 1.03 bits per heavy atom. The number of anilines is 1. The molecule has 0 aliphatic heterocycles. The van der Waals surface area contributed by atoms with Crippen molar-refractivity contribution in [2.75, 3.05) is 32.7 Å². The molecule has 0 atom stereocenters. The molecule has 0 saturated carbocycles. The van der Waals surface area contributed by atoms with Gasteiger partial charge in [-0.25, -0.2) is 0 Å². The van der Waals surface area contributed by atoms with Crippen molar-refractivity contribution in [3.63, 3.8) is 0 Å². The number of benzene rings is 2. The van der Waals surface area contributed by atoms with E-state index in [2.05, 4.69) is 15.6 Å². The van der Waals surface area contributed by atoms with Crippen LogP contribution in [0.5, 0.6) is 17.2 Å². The fourth-order valence-corrected chi connectivity index (χ4v) is 2.39. The van der Waals surface area contributed by atoms with E-state index in [1.165, 1.54) is 12.1 Å². The molecular formula is C20H24F3N3O3. The van der Waals surface area contributed by atoms with E-state index in [1.807, 2.05) is 19.1 Å². The van der Waals surface area contributed by atoms with E-state index in [4.69, 9.17) is 14.2 Å². The van der Waals surface area contributed by atoms with E-state index in [-0.39, 0.29) is 5.75 Å². The van der Waals surface area contributed by atoms with E-state index in [9.17, 15) is 13.2 Å². The number of alkyl halides is 3. The summed E-state index contributed by atoms with van der Waals surface area (Å²) < 4.78 is 52.1. The zero-order valence-electron chi connectivity index (χ0n) is 16.5. The van der Waals surface area contributed by atoms with Gasteiger partial charge in [-0.1, -0.05) is 12.1 Å². The van der Waals surface area contributed by atoms with Crippen LogP contribution in [-0.4, -0.2) is 39.5 Å². The fraction of sp³-hybridized carbons (Fsp3) is 0.350. The van der Waals surface area contributed by atoms with Crippen molar-refractivity contribution < 1.29 is 27.4 Å². The first-order valence-corrected chi connectivity index (χ1v) is 8.91. The minimum atomic E-state index is -4.36. The summed E-state index contributed by atoms with van der Waals surface area (Å²) in [7, 11) is 3.21. The van der Waals surface area contributed by atoms with Gasteiger partial charge in [0.2, 0.25) is 0 Å². The largest absolute Gasteiger partial charge is 0.493 e. The summed E-state index contributed by atoms with van der Waals surface area (Å²) in [6, 6.07) is 11.8. The van der Waals surface area contributed by atoms with Crippen molar-refractivity contribution in [3.05, 3.63) is 48.0 Å². The van der Waals surface area contributed by atoms with Gasteiger partial charge >= 0.3 is 6.18 Å². The SMILES string of the molecule is CCOc1cc(NC(=NC)NCc2ccc(OCC(F)(F)F)cc2)ccc1OC. The third kappa shape index (κ3) is 7.44. The zero-order valence-corrected chi connectivity index (χ0v) is 16.5. The van der Waals surface area contributed by atoms with Crippen molar-refractivity contribution in [3.8, 4) is 17.2 Å². The Morgan fingerprint density at radius 3 is 2.34 bits per heavy atom. The molecule has 0 unspecified atom stereocenters. The number of aliphatic imine (C=N–C) groups is 1. The monoisotopic (exact) mass is 411 g/mol. The van der Waals surface area contributed by atoms with Crippen molar-refractivity contribution in [2.45, 2.75) is 19.6 Å². The van der Waals surface area contributed by atoms with Crippen LogP contribution in [0.2, 0.25) is 0 Å². The smallest absolute Gasteiger partial charge is 0.422 e. The second-order valence-corrected chi connectivity index (χ2v) is 5.90. The molecule has 158 valence electrons. The summed E-state index contributed by atoms with van der Waals surface area (Å²) in [4.78, 5) is 4.16. The zero-order chi connectivity index (χ0) is 21.3. The molecule has 0 amide bonds. The molecule has 0 fully saturated rings. The Labute approximate surface area is 167 Å². The fourth-order valence-electron chi connectivity index (χ4n) is 2.39. The van der Waals surface area contributed by atoms with Crippen molar-refractivity contribution in [2.24, 2.45) is 4.99 Å². The number of hydrogen-bond acceptors (Lipinski definition) is 4. The molecule has 0 aliphatic rings. The molecule has 0 radical (unpaired) electrons. The molecule has 2 N–H and O–H groups in total. The van der Waals surface area contributed by atoms with E-state index in [0.717, 1.165) is 11.3 Å². The van der Waals surface area contributed by atoms with Crippen LogP contribution >= 0.6 is 0 Å². The second kappa shape index (κ2) is 10.4. The van der Waals surface area contributed by atoms with Crippen molar-refractivity contribution in [1.29, 1.82) is 0 Å². The number of hydrogen-bond donors (Lipinski definition) is 2. The average Bonchev–Trinajstić information content (AvgIpc) is 2.70. The number of ether oxygens (including phenoxy) is 3. The molecule has 6 nitrogen and oxygen atoms in total. The number of methoxy groups -OCH3 is 1. The van der Waals surface area contributed by atoms with Gasteiger partial charge < -0.3 is 24.8 Å². The number of nitrogens with one attached hydrogen (secondary N) is 2. The van der Waals surface area contributed by atoms with Crippen LogP contribution < -0.4 is 24.8 Å². The van der Waals surface area contributed by atoms with Crippen LogP contribution in [0.3, 0.4) is 0 Å². The quantitative estimate of drug-likeness (QED) is 0.503. The number of nitrogens with zero attached hydrogens (tertiary/aromatic N) is 1. The van der Waals surface area contributed by atoms with Crippen LogP contribution in [-0.2, 0) is 6.54 Å². The first kappa shape index (κ1) is 22.2. The van der Waals surface area contributed by atoms with E-state index in [1.54, 1.807) is 32.4 Å². The topological polar surface area (TPSA) is 64.1 Å².